The van der Waals surface area contributed by atoms with Crippen molar-refractivity contribution in [2.75, 3.05) is 10.3 Å². The van der Waals surface area contributed by atoms with Crippen molar-refractivity contribution >= 4 is 28.7 Å². The fourth-order valence-electron chi connectivity index (χ4n) is 3.48. The second kappa shape index (κ2) is 8.37. The third-order valence-corrected chi connectivity index (χ3v) is 4.92. The predicted octanol–water partition coefficient (Wildman–Crippen LogP) is 4.43. The molecule has 0 aliphatic carbocycles. The minimum absolute atomic E-state index is 0.0355. The van der Waals surface area contributed by atoms with Crippen LogP contribution < -0.4 is 20.9 Å². The Labute approximate surface area is 182 Å². The molecule has 4 rings (SSSR count). The van der Waals surface area contributed by atoms with E-state index in [4.69, 9.17) is 17.4 Å². The highest BCUT2D eigenvalue weighted by molar-refractivity contribution is 6.20. The molecular formula is C21H19ClF2N6O. The molecule has 0 bridgehead atoms. The van der Waals surface area contributed by atoms with Gasteiger partial charge >= 0.3 is 5.57 Å². The molecule has 0 saturated carbocycles. The van der Waals surface area contributed by atoms with Crippen LogP contribution in [0.15, 0.2) is 73.2 Å². The molecule has 31 heavy (non-hydrogen) atoms. The number of nitrogens with two attached hydrogens (primary N) is 1. The summed E-state index contributed by atoms with van der Waals surface area (Å²) in [4.78, 5) is 6.33. The first-order valence-electron chi connectivity index (χ1n) is 9.29. The summed E-state index contributed by atoms with van der Waals surface area (Å²) >= 11 is 4.86. The van der Waals surface area contributed by atoms with Gasteiger partial charge in [0.15, 0.2) is 0 Å². The van der Waals surface area contributed by atoms with Crippen LogP contribution in [0.25, 0.3) is 5.57 Å². The van der Waals surface area contributed by atoms with Crippen LogP contribution in [0.2, 0.25) is 0 Å². The van der Waals surface area contributed by atoms with Crippen LogP contribution in [0.5, 0.6) is 5.75 Å². The molecule has 0 spiro atoms. The van der Waals surface area contributed by atoms with Crippen LogP contribution >= 0.6 is 11.6 Å². The lowest BCUT2D eigenvalue weighted by atomic mass is 9.93. The number of benzene rings is 1. The Morgan fingerprint density at radius 3 is 2.52 bits per heavy atom. The van der Waals surface area contributed by atoms with E-state index in [1.54, 1.807) is 35.3 Å². The molecule has 160 valence electrons. The molecule has 1 aliphatic heterocycles. The standard InChI is InChI=1S/C21H19ClF2N6O/c1-29-18(10-11-27-29)20-17(14-4-9-19(28-25)26-13-14)3-2-12-30(20)15-5-7-16(8-6-15)31-21(22,23)24/h2-13,20H,25H2,1H3,(H,26,28). The maximum atomic E-state index is 12.9. The lowest BCUT2D eigenvalue weighted by Crippen LogP contribution is -2.28. The number of nitrogens with zero attached hydrogens (tertiary/aromatic N) is 4. The van der Waals surface area contributed by atoms with Crippen molar-refractivity contribution in [2.45, 2.75) is 11.6 Å². The number of hydrogen-bond acceptors (Lipinski definition) is 6. The Morgan fingerprint density at radius 2 is 1.94 bits per heavy atom. The van der Waals surface area contributed by atoms with Crippen molar-refractivity contribution in [3.8, 4) is 5.75 Å². The van der Waals surface area contributed by atoms with Crippen LogP contribution in [-0.2, 0) is 7.05 Å². The Bertz CT molecular complexity index is 1110. The molecule has 1 aromatic carbocycles. The molecule has 1 atom stereocenters. The first-order valence-corrected chi connectivity index (χ1v) is 9.67. The van der Waals surface area contributed by atoms with E-state index in [2.05, 4.69) is 20.2 Å². The second-order valence-electron chi connectivity index (χ2n) is 6.77. The van der Waals surface area contributed by atoms with Crippen LogP contribution in [-0.4, -0.2) is 20.3 Å². The van der Waals surface area contributed by atoms with Gasteiger partial charge in [-0.25, -0.2) is 10.8 Å². The second-order valence-corrected chi connectivity index (χ2v) is 7.21. The SMILES string of the molecule is Cn1nccc1C1C(c2ccc(NN)nc2)=CC=CN1c1ccc(OC(F)(F)Cl)cc1. The van der Waals surface area contributed by atoms with Gasteiger partial charge in [0, 0.05) is 42.9 Å². The van der Waals surface area contributed by atoms with Gasteiger partial charge in [-0.05, 0) is 59.7 Å². The number of nitrogens with one attached hydrogen (secondary N) is 1. The van der Waals surface area contributed by atoms with Crippen LogP contribution in [0.1, 0.15) is 17.3 Å². The predicted molar refractivity (Wildman–Crippen MR) is 115 cm³/mol. The van der Waals surface area contributed by atoms with Crippen molar-refractivity contribution in [1.82, 2.24) is 14.8 Å². The maximum absolute atomic E-state index is 12.9. The van der Waals surface area contributed by atoms with Gasteiger partial charge in [0.2, 0.25) is 0 Å². The van der Waals surface area contributed by atoms with Crippen molar-refractivity contribution in [2.24, 2.45) is 12.9 Å². The zero-order valence-corrected chi connectivity index (χ0v) is 17.2. The normalized spacial score (nSPS) is 16.2. The molecule has 1 aliphatic rings. The highest BCUT2D eigenvalue weighted by atomic mass is 35.5. The Morgan fingerprint density at radius 1 is 1.16 bits per heavy atom. The molecular weight excluding hydrogens is 426 g/mol. The van der Waals surface area contributed by atoms with Crippen molar-refractivity contribution in [3.63, 3.8) is 0 Å². The van der Waals surface area contributed by atoms with Gasteiger partial charge < -0.3 is 15.1 Å². The van der Waals surface area contributed by atoms with Crippen molar-refractivity contribution in [3.05, 3.63) is 84.5 Å². The number of ether oxygens (including phenoxy) is 1. The zero-order valence-electron chi connectivity index (χ0n) is 16.4. The van der Waals surface area contributed by atoms with Crippen LogP contribution in [0, 0.1) is 0 Å². The average molecular weight is 445 g/mol. The largest absolute Gasteiger partial charge is 0.487 e. The average Bonchev–Trinajstić information content (AvgIpc) is 3.18. The molecule has 0 fully saturated rings. The molecule has 3 heterocycles. The number of aromatic nitrogens is 3. The Kier molecular flexibility index (Phi) is 5.62. The lowest BCUT2D eigenvalue weighted by molar-refractivity contribution is -0.0964. The van der Waals surface area contributed by atoms with Gasteiger partial charge in [-0.1, -0.05) is 6.08 Å². The van der Waals surface area contributed by atoms with Crippen molar-refractivity contribution < 1.29 is 13.5 Å². The van der Waals surface area contributed by atoms with E-state index >= 15 is 0 Å². The van der Waals surface area contributed by atoms with E-state index < -0.39 is 5.57 Å². The van der Waals surface area contributed by atoms with E-state index in [1.807, 2.05) is 42.4 Å². The monoisotopic (exact) mass is 444 g/mol. The molecule has 0 radical (unpaired) electrons. The Balaban J connectivity index is 1.72. The highest BCUT2D eigenvalue weighted by Crippen LogP contribution is 2.41. The number of allylic oxidation sites excluding steroid dienone is 2. The summed E-state index contributed by atoms with van der Waals surface area (Å²) in [5.74, 6) is 5.94. The molecule has 1 unspecified atom stereocenters. The summed E-state index contributed by atoms with van der Waals surface area (Å²) in [5, 5.41) is 4.31. The van der Waals surface area contributed by atoms with Crippen molar-refractivity contribution in [1.29, 1.82) is 0 Å². The van der Waals surface area contributed by atoms with E-state index in [-0.39, 0.29) is 11.8 Å². The fraction of sp³-hybridized carbons (Fsp3) is 0.143. The number of aryl methyl sites for hydroxylation is 1. The Hall–Kier alpha value is -3.43. The summed E-state index contributed by atoms with van der Waals surface area (Å²) in [5.41, 5.74) is 2.34. The van der Waals surface area contributed by atoms with E-state index in [0.29, 0.717) is 5.82 Å². The van der Waals surface area contributed by atoms with Gasteiger partial charge in [-0.3, -0.25) is 4.68 Å². The van der Waals surface area contributed by atoms with Crippen LogP contribution in [0.4, 0.5) is 20.3 Å². The fourth-order valence-corrected chi connectivity index (χ4v) is 3.57. The quantitative estimate of drug-likeness (QED) is 0.332. The summed E-state index contributed by atoms with van der Waals surface area (Å²) in [6.45, 7) is 0. The van der Waals surface area contributed by atoms with Gasteiger partial charge in [0.1, 0.15) is 17.6 Å². The minimum atomic E-state index is -3.77. The number of alkyl halides is 3. The summed E-state index contributed by atoms with van der Waals surface area (Å²) in [7, 11) is 1.86. The smallest absolute Gasteiger partial charge is 0.420 e. The minimum Gasteiger partial charge on any atom is -0.420 e. The third-order valence-electron chi connectivity index (χ3n) is 4.85. The number of rotatable bonds is 6. The topological polar surface area (TPSA) is 81.2 Å². The van der Waals surface area contributed by atoms with Gasteiger partial charge in [-0.2, -0.15) is 5.10 Å². The lowest BCUT2D eigenvalue weighted by Gasteiger charge is -2.35. The highest BCUT2D eigenvalue weighted by Gasteiger charge is 2.30. The summed E-state index contributed by atoms with van der Waals surface area (Å²) in [6, 6.07) is 11.7. The number of hydrogen-bond donors (Lipinski definition) is 2. The molecule has 0 amide bonds. The summed E-state index contributed by atoms with van der Waals surface area (Å²) in [6.07, 6.45) is 9.29. The van der Waals surface area contributed by atoms with Gasteiger partial charge in [-0.15, -0.1) is 8.78 Å². The maximum Gasteiger partial charge on any atom is 0.487 e. The first-order chi connectivity index (χ1) is 14.9. The molecule has 0 saturated heterocycles. The van der Waals surface area contributed by atoms with Gasteiger partial charge in [0.05, 0.1) is 5.69 Å². The van der Waals surface area contributed by atoms with E-state index in [9.17, 15) is 8.78 Å². The molecule has 3 N–H and O–H groups in total. The molecule has 10 heteroatoms. The van der Waals surface area contributed by atoms with E-state index in [0.717, 1.165) is 22.5 Å². The number of anilines is 2. The third kappa shape index (κ3) is 4.52. The summed E-state index contributed by atoms with van der Waals surface area (Å²) < 4.78 is 32.1. The number of halogens is 3. The van der Waals surface area contributed by atoms with E-state index in [1.165, 1.54) is 12.1 Å². The molecule has 2 aromatic heterocycles. The number of nitrogen functional groups attached to an aromatic ring is 1. The molecule has 7 nitrogen and oxygen atoms in total. The number of pyridine rings is 1. The van der Waals surface area contributed by atoms with Crippen LogP contribution in [0.3, 0.4) is 0 Å². The molecule has 3 aromatic rings. The van der Waals surface area contributed by atoms with Gasteiger partial charge in [0.25, 0.3) is 0 Å². The zero-order chi connectivity index (χ0) is 22.0. The number of hydrazine groups is 1. The first kappa shape index (κ1) is 20.8.